The molecule has 0 unspecified atom stereocenters. The fourth-order valence-corrected chi connectivity index (χ4v) is 0.920. The predicted molar refractivity (Wildman–Crippen MR) is 43.2 cm³/mol. The van der Waals surface area contributed by atoms with Crippen LogP contribution < -0.4 is 10.4 Å². The minimum atomic E-state index is -0.377. The van der Waals surface area contributed by atoms with Gasteiger partial charge in [0.1, 0.15) is 0 Å². The second kappa shape index (κ2) is 5.55. The normalized spacial score (nSPS) is 16.1. The molecule has 2 heterocycles. The van der Waals surface area contributed by atoms with Gasteiger partial charge in [0.2, 0.25) is 0 Å². The van der Waals surface area contributed by atoms with Crippen LogP contribution in [0, 0.1) is 6.92 Å². The largest absolute Gasteiger partial charge is 0.544 e. The highest BCUT2D eigenvalue weighted by molar-refractivity contribution is 5.04. The van der Waals surface area contributed by atoms with Crippen LogP contribution in [0.3, 0.4) is 0 Å². The lowest BCUT2D eigenvalue weighted by Crippen LogP contribution is -2.87. The van der Waals surface area contributed by atoms with Crippen molar-refractivity contribution in [2.24, 2.45) is 0 Å². The molecule has 1 aliphatic heterocycles. The standard InChI is InChI=1S/C4H5NO2.C4H9NO/c1-3-2-4(6)7-5-3;1-3-6-4-2-5-1/h2,6H,1H3;5H,1-4H2. The Morgan fingerprint density at radius 3 is 2.31 bits per heavy atom. The van der Waals surface area contributed by atoms with E-state index in [9.17, 15) is 5.11 Å². The van der Waals surface area contributed by atoms with Crippen LogP contribution in [0.1, 0.15) is 5.69 Å². The molecule has 5 heteroatoms. The Labute approximate surface area is 76.7 Å². The Balaban J connectivity index is 0.000000132. The lowest BCUT2D eigenvalue weighted by atomic mass is 10.5. The molecule has 13 heavy (non-hydrogen) atoms. The summed E-state index contributed by atoms with van der Waals surface area (Å²) in [4.78, 5) is 0. The van der Waals surface area contributed by atoms with Gasteiger partial charge in [0.05, 0.1) is 37.9 Å². The first-order valence-corrected chi connectivity index (χ1v) is 4.29. The number of nitrogens with two attached hydrogens (primary N) is 1. The van der Waals surface area contributed by atoms with E-state index in [2.05, 4.69) is 15.0 Å². The highest BCUT2D eigenvalue weighted by Gasteiger charge is 1.96. The van der Waals surface area contributed by atoms with E-state index >= 15 is 0 Å². The van der Waals surface area contributed by atoms with Crippen molar-refractivity contribution in [3.63, 3.8) is 0 Å². The Morgan fingerprint density at radius 1 is 1.46 bits per heavy atom. The lowest BCUT2D eigenvalue weighted by molar-refractivity contribution is -0.670. The summed E-state index contributed by atoms with van der Waals surface area (Å²) in [5, 5.41) is 15.7. The molecule has 0 aliphatic carbocycles. The molecule has 1 aromatic heterocycles. The molecule has 0 bridgehead atoms. The van der Waals surface area contributed by atoms with Crippen LogP contribution in [0.4, 0.5) is 0 Å². The molecular weight excluding hydrogens is 172 g/mol. The van der Waals surface area contributed by atoms with Gasteiger partial charge in [-0.25, -0.2) is 0 Å². The molecule has 0 radical (unpaired) electrons. The van der Waals surface area contributed by atoms with Crippen LogP contribution in [-0.4, -0.2) is 31.5 Å². The number of ether oxygens (including phenoxy) is 1. The third-order valence-corrected chi connectivity index (χ3v) is 1.54. The molecule has 0 amide bonds. The quantitative estimate of drug-likeness (QED) is 0.543. The summed E-state index contributed by atoms with van der Waals surface area (Å²) in [6, 6.07) is 1.33. The Morgan fingerprint density at radius 2 is 2.15 bits per heavy atom. The van der Waals surface area contributed by atoms with E-state index in [1.165, 1.54) is 6.07 Å². The van der Waals surface area contributed by atoms with E-state index < -0.39 is 0 Å². The SMILES string of the molecule is C1COCC[NH2+]1.Cc1cc([O-])on1. The monoisotopic (exact) mass is 186 g/mol. The van der Waals surface area contributed by atoms with Crippen molar-refractivity contribution in [2.45, 2.75) is 6.92 Å². The van der Waals surface area contributed by atoms with E-state index in [1.807, 2.05) is 0 Å². The van der Waals surface area contributed by atoms with Gasteiger partial charge in [0.15, 0.2) is 0 Å². The molecule has 1 saturated heterocycles. The number of hydrogen-bond acceptors (Lipinski definition) is 4. The van der Waals surface area contributed by atoms with Gasteiger partial charge in [-0.05, 0) is 13.0 Å². The average Bonchev–Trinajstić information content (AvgIpc) is 2.54. The first-order valence-electron chi connectivity index (χ1n) is 4.29. The highest BCUT2D eigenvalue weighted by Crippen LogP contribution is 2.02. The molecule has 2 rings (SSSR count). The van der Waals surface area contributed by atoms with Crippen LogP contribution in [0.15, 0.2) is 10.6 Å². The third-order valence-electron chi connectivity index (χ3n) is 1.54. The fourth-order valence-electron chi connectivity index (χ4n) is 0.920. The summed E-state index contributed by atoms with van der Waals surface area (Å²) < 4.78 is 9.20. The minimum Gasteiger partial charge on any atom is -0.544 e. The van der Waals surface area contributed by atoms with E-state index in [4.69, 9.17) is 4.74 Å². The van der Waals surface area contributed by atoms with Crippen LogP contribution >= 0.6 is 0 Å². The summed E-state index contributed by atoms with van der Waals surface area (Å²) in [6.45, 7) is 5.89. The van der Waals surface area contributed by atoms with Gasteiger partial charge in [-0.15, -0.1) is 0 Å². The van der Waals surface area contributed by atoms with E-state index in [1.54, 1.807) is 6.92 Å². The zero-order chi connectivity index (χ0) is 9.52. The van der Waals surface area contributed by atoms with Crippen molar-refractivity contribution in [3.8, 4) is 5.95 Å². The third kappa shape index (κ3) is 4.49. The van der Waals surface area contributed by atoms with Gasteiger partial charge >= 0.3 is 0 Å². The first-order chi connectivity index (χ1) is 6.29. The Kier molecular flexibility index (Phi) is 4.28. The molecule has 1 fully saturated rings. The average molecular weight is 186 g/mol. The topological polar surface area (TPSA) is 74.9 Å². The molecule has 0 saturated carbocycles. The number of aryl methyl sites for hydroxylation is 1. The number of hydrogen-bond donors (Lipinski definition) is 1. The molecule has 1 aromatic rings. The molecular formula is C8H14N2O3. The van der Waals surface area contributed by atoms with Crippen molar-refractivity contribution in [3.05, 3.63) is 11.8 Å². The molecule has 1 aliphatic rings. The second-order valence-corrected chi connectivity index (χ2v) is 2.77. The number of aromatic nitrogens is 1. The van der Waals surface area contributed by atoms with Gasteiger partial charge in [0.25, 0.3) is 0 Å². The van der Waals surface area contributed by atoms with Crippen molar-refractivity contribution in [1.29, 1.82) is 0 Å². The van der Waals surface area contributed by atoms with Crippen molar-refractivity contribution in [2.75, 3.05) is 26.3 Å². The van der Waals surface area contributed by atoms with E-state index in [0.717, 1.165) is 26.3 Å². The van der Waals surface area contributed by atoms with Crippen LogP contribution in [0.5, 0.6) is 5.95 Å². The second-order valence-electron chi connectivity index (χ2n) is 2.77. The Hall–Kier alpha value is -1.07. The summed E-state index contributed by atoms with van der Waals surface area (Å²) in [6.07, 6.45) is 0. The molecule has 74 valence electrons. The maximum atomic E-state index is 10.1. The summed E-state index contributed by atoms with van der Waals surface area (Å²) in [5.41, 5.74) is 0.630. The van der Waals surface area contributed by atoms with Crippen LogP contribution in [-0.2, 0) is 4.74 Å². The summed E-state index contributed by atoms with van der Waals surface area (Å²) in [7, 11) is 0. The van der Waals surface area contributed by atoms with Gasteiger partial charge in [0, 0.05) is 0 Å². The van der Waals surface area contributed by atoms with E-state index in [0.29, 0.717) is 5.69 Å². The smallest absolute Gasteiger partial charge is 0.0993 e. The number of rotatable bonds is 0. The first kappa shape index (κ1) is 10.0. The molecule has 0 aromatic carbocycles. The number of nitrogens with zero attached hydrogens (tertiary/aromatic N) is 1. The number of quaternary nitrogens is 1. The lowest BCUT2D eigenvalue weighted by Gasteiger charge is -2.07. The summed E-state index contributed by atoms with van der Waals surface area (Å²) in [5.74, 6) is -0.377. The molecule has 0 atom stereocenters. The van der Waals surface area contributed by atoms with Crippen LogP contribution in [0.25, 0.3) is 0 Å². The molecule has 5 nitrogen and oxygen atoms in total. The van der Waals surface area contributed by atoms with Gasteiger partial charge in [-0.1, -0.05) is 0 Å². The summed E-state index contributed by atoms with van der Waals surface area (Å²) >= 11 is 0. The molecule has 2 N–H and O–H groups in total. The zero-order valence-corrected chi connectivity index (χ0v) is 7.66. The number of morpholine rings is 1. The highest BCUT2D eigenvalue weighted by atomic mass is 16.5. The van der Waals surface area contributed by atoms with Gasteiger partial charge in [-0.2, -0.15) is 5.16 Å². The van der Waals surface area contributed by atoms with Gasteiger partial charge in [-0.3, -0.25) is 0 Å². The predicted octanol–water partition coefficient (Wildman–Crippen LogP) is -1.36. The minimum absolute atomic E-state index is 0.377. The van der Waals surface area contributed by atoms with Crippen molar-refractivity contribution >= 4 is 0 Å². The van der Waals surface area contributed by atoms with Crippen molar-refractivity contribution in [1.82, 2.24) is 5.16 Å². The van der Waals surface area contributed by atoms with Gasteiger partial charge < -0.3 is 19.7 Å². The van der Waals surface area contributed by atoms with Crippen LogP contribution in [0.2, 0.25) is 0 Å². The van der Waals surface area contributed by atoms with Crippen molar-refractivity contribution < 1.29 is 19.7 Å². The maximum Gasteiger partial charge on any atom is 0.0993 e. The van der Waals surface area contributed by atoms with E-state index in [-0.39, 0.29) is 5.95 Å². The zero-order valence-electron chi connectivity index (χ0n) is 7.66. The fraction of sp³-hybridized carbons (Fsp3) is 0.625. The molecule has 0 spiro atoms. The maximum absolute atomic E-state index is 10.1. The Bertz CT molecular complexity index is 205.